The van der Waals surface area contributed by atoms with E-state index in [9.17, 15) is 9.59 Å². The molecule has 0 unspecified atom stereocenters. The van der Waals surface area contributed by atoms with Crippen LogP contribution in [0.5, 0.6) is 0 Å². The Balaban J connectivity index is 1.85. The molecule has 0 saturated heterocycles. The summed E-state index contributed by atoms with van der Waals surface area (Å²) in [5.41, 5.74) is 2.87. The summed E-state index contributed by atoms with van der Waals surface area (Å²) in [6.45, 7) is 6.04. The van der Waals surface area contributed by atoms with Crippen LogP contribution in [0.1, 0.15) is 12.5 Å². The van der Waals surface area contributed by atoms with Crippen molar-refractivity contribution >= 4 is 22.6 Å². The van der Waals surface area contributed by atoms with Crippen molar-refractivity contribution in [3.63, 3.8) is 0 Å². The van der Waals surface area contributed by atoms with Crippen LogP contribution in [0.4, 0.5) is 0 Å². The van der Waals surface area contributed by atoms with Gasteiger partial charge < -0.3 is 5.32 Å². The number of carbonyl (C=O) groups excluding carboxylic acids is 1. The second-order valence-electron chi connectivity index (χ2n) is 5.69. The normalized spacial score (nSPS) is 10.7. The Kier molecular flexibility index (Phi) is 4.33. The van der Waals surface area contributed by atoms with Gasteiger partial charge in [-0.1, -0.05) is 49.0 Å². The molecule has 1 heterocycles. The number of rotatable bonds is 5. The highest BCUT2D eigenvalue weighted by Gasteiger charge is 2.15. The van der Waals surface area contributed by atoms with E-state index in [1.54, 1.807) is 6.92 Å². The van der Waals surface area contributed by atoms with Crippen molar-refractivity contribution in [2.24, 2.45) is 0 Å². The van der Waals surface area contributed by atoms with Gasteiger partial charge in [-0.15, -0.1) is 0 Å². The molecule has 1 N–H and O–H groups in total. The smallest absolute Gasteiger partial charge is 0.333 e. The molecule has 0 aliphatic heterocycles. The van der Waals surface area contributed by atoms with Crippen molar-refractivity contribution in [2.45, 2.75) is 20.0 Å². The van der Waals surface area contributed by atoms with Crippen LogP contribution in [-0.4, -0.2) is 15.0 Å². The Bertz CT molecular complexity index is 952. The first-order valence-corrected chi connectivity index (χ1v) is 7.74. The Morgan fingerprint density at radius 1 is 1.04 bits per heavy atom. The molecule has 0 spiro atoms. The number of allylic oxidation sites excluding steroid dienone is 1. The summed E-state index contributed by atoms with van der Waals surface area (Å²) in [6, 6.07) is 17.1. The minimum absolute atomic E-state index is 0.0214. The number of benzene rings is 2. The van der Waals surface area contributed by atoms with E-state index >= 15 is 0 Å². The Labute approximate surface area is 139 Å². The summed E-state index contributed by atoms with van der Waals surface area (Å²) in [5, 5.41) is 2.85. The first-order chi connectivity index (χ1) is 11.6. The number of nitrogens with zero attached hydrogens (tertiary/aromatic N) is 2. The fourth-order valence-electron chi connectivity index (χ4n) is 2.73. The molecular formula is C19H19N3O2. The van der Waals surface area contributed by atoms with Crippen molar-refractivity contribution in [3.8, 4) is 0 Å². The molecule has 122 valence electrons. The molecule has 5 nitrogen and oxygen atoms in total. The zero-order chi connectivity index (χ0) is 17.1. The van der Waals surface area contributed by atoms with Crippen LogP contribution in [0.25, 0.3) is 16.7 Å². The maximum atomic E-state index is 12.6. The van der Waals surface area contributed by atoms with Gasteiger partial charge in [0.2, 0.25) is 5.91 Å². The van der Waals surface area contributed by atoms with Crippen LogP contribution in [0.3, 0.4) is 0 Å². The maximum absolute atomic E-state index is 12.6. The Morgan fingerprint density at radius 2 is 1.67 bits per heavy atom. The standard InChI is InChI=1S/C19H19N3O2/c1-14(2)22-17-11-7-6-10-16(17)21(19(22)24)13-18(23)20-12-15-8-4-3-5-9-15/h3-11H,1,12-13H2,2H3,(H,20,23). The van der Waals surface area contributed by atoms with Gasteiger partial charge in [-0.2, -0.15) is 0 Å². The molecule has 0 saturated carbocycles. The van der Waals surface area contributed by atoms with Gasteiger partial charge in [0, 0.05) is 12.2 Å². The van der Waals surface area contributed by atoms with Gasteiger partial charge in [0.15, 0.2) is 0 Å². The van der Waals surface area contributed by atoms with Crippen LogP contribution in [-0.2, 0) is 17.9 Å². The lowest BCUT2D eigenvalue weighted by Crippen LogP contribution is -2.32. The number of carbonyl (C=O) groups is 1. The summed E-state index contributed by atoms with van der Waals surface area (Å²) in [7, 11) is 0. The minimum atomic E-state index is -0.251. The number of amides is 1. The number of aromatic nitrogens is 2. The molecule has 0 radical (unpaired) electrons. The van der Waals surface area contributed by atoms with E-state index in [0.29, 0.717) is 12.2 Å². The molecule has 0 fully saturated rings. The van der Waals surface area contributed by atoms with Crippen LogP contribution < -0.4 is 11.0 Å². The van der Waals surface area contributed by atoms with Crippen LogP contribution in [0.15, 0.2) is 66.0 Å². The van der Waals surface area contributed by atoms with E-state index in [4.69, 9.17) is 0 Å². The first kappa shape index (κ1) is 15.8. The predicted molar refractivity (Wildman–Crippen MR) is 95.5 cm³/mol. The molecule has 1 amide bonds. The topological polar surface area (TPSA) is 56.0 Å². The van der Waals surface area contributed by atoms with Crippen molar-refractivity contribution < 1.29 is 4.79 Å². The largest absolute Gasteiger partial charge is 0.350 e. The Morgan fingerprint density at radius 3 is 2.33 bits per heavy atom. The summed E-state index contributed by atoms with van der Waals surface area (Å²) in [4.78, 5) is 24.9. The zero-order valence-corrected chi connectivity index (χ0v) is 13.5. The van der Waals surface area contributed by atoms with Crippen molar-refractivity contribution in [3.05, 3.63) is 77.2 Å². The summed E-state index contributed by atoms with van der Waals surface area (Å²) in [6.07, 6.45) is 0. The number of imidazole rings is 1. The third-order valence-electron chi connectivity index (χ3n) is 3.85. The van der Waals surface area contributed by atoms with Gasteiger partial charge in [0.05, 0.1) is 11.0 Å². The molecule has 0 atom stereocenters. The van der Waals surface area contributed by atoms with Crippen molar-refractivity contribution in [1.29, 1.82) is 0 Å². The highest BCUT2D eigenvalue weighted by Crippen LogP contribution is 2.15. The number of nitrogens with one attached hydrogen (secondary N) is 1. The second-order valence-corrected chi connectivity index (χ2v) is 5.69. The monoisotopic (exact) mass is 321 g/mol. The van der Waals surface area contributed by atoms with E-state index < -0.39 is 0 Å². The summed E-state index contributed by atoms with van der Waals surface area (Å²) in [5.74, 6) is -0.203. The quantitative estimate of drug-likeness (QED) is 0.785. The average Bonchev–Trinajstić information content (AvgIpc) is 2.86. The molecule has 3 aromatic rings. The molecule has 2 aromatic carbocycles. The first-order valence-electron chi connectivity index (χ1n) is 7.74. The van der Waals surface area contributed by atoms with E-state index in [2.05, 4.69) is 11.9 Å². The number of fused-ring (bicyclic) bond motifs is 1. The average molecular weight is 321 g/mol. The predicted octanol–water partition coefficient (Wildman–Crippen LogP) is 2.61. The molecule has 0 aliphatic carbocycles. The van der Waals surface area contributed by atoms with E-state index in [1.807, 2.05) is 54.6 Å². The molecule has 1 aromatic heterocycles. The SMILES string of the molecule is C=C(C)n1c(=O)n(CC(=O)NCc2ccccc2)c2ccccc21. The van der Waals surface area contributed by atoms with Gasteiger partial charge in [-0.3, -0.25) is 13.9 Å². The lowest BCUT2D eigenvalue weighted by Gasteiger charge is -2.06. The zero-order valence-electron chi connectivity index (χ0n) is 13.5. The fraction of sp³-hybridized carbons (Fsp3) is 0.158. The highest BCUT2D eigenvalue weighted by molar-refractivity contribution is 5.82. The molecule has 24 heavy (non-hydrogen) atoms. The number of para-hydroxylation sites is 2. The van der Waals surface area contributed by atoms with E-state index in [0.717, 1.165) is 16.6 Å². The van der Waals surface area contributed by atoms with Crippen LogP contribution in [0.2, 0.25) is 0 Å². The van der Waals surface area contributed by atoms with Crippen LogP contribution in [0, 0.1) is 0 Å². The molecule has 3 rings (SSSR count). The fourth-order valence-corrected chi connectivity index (χ4v) is 2.73. The summed E-state index contributed by atoms with van der Waals surface area (Å²) < 4.78 is 3.00. The van der Waals surface area contributed by atoms with Crippen molar-refractivity contribution in [1.82, 2.24) is 14.5 Å². The highest BCUT2D eigenvalue weighted by atomic mass is 16.2. The van der Waals surface area contributed by atoms with Gasteiger partial charge in [0.1, 0.15) is 6.54 Å². The third kappa shape index (κ3) is 3.01. The third-order valence-corrected chi connectivity index (χ3v) is 3.85. The number of hydrogen-bond donors (Lipinski definition) is 1. The molecule has 0 bridgehead atoms. The van der Waals surface area contributed by atoms with Gasteiger partial charge in [0.25, 0.3) is 0 Å². The molecular weight excluding hydrogens is 302 g/mol. The maximum Gasteiger partial charge on any atom is 0.333 e. The lowest BCUT2D eigenvalue weighted by atomic mass is 10.2. The van der Waals surface area contributed by atoms with E-state index in [1.165, 1.54) is 9.13 Å². The molecule has 0 aliphatic rings. The Hall–Kier alpha value is -3.08. The van der Waals surface area contributed by atoms with Crippen LogP contribution >= 0.6 is 0 Å². The second kappa shape index (κ2) is 6.58. The van der Waals surface area contributed by atoms with Gasteiger partial charge in [-0.25, -0.2) is 4.79 Å². The number of hydrogen-bond acceptors (Lipinski definition) is 2. The van der Waals surface area contributed by atoms with Gasteiger partial charge >= 0.3 is 5.69 Å². The van der Waals surface area contributed by atoms with Gasteiger partial charge in [-0.05, 0) is 24.6 Å². The van der Waals surface area contributed by atoms with Crippen molar-refractivity contribution in [2.75, 3.05) is 0 Å². The molecule has 5 heteroatoms. The van der Waals surface area contributed by atoms with E-state index in [-0.39, 0.29) is 18.1 Å². The lowest BCUT2D eigenvalue weighted by molar-refractivity contribution is -0.121. The minimum Gasteiger partial charge on any atom is -0.350 e. The summed E-state index contributed by atoms with van der Waals surface area (Å²) >= 11 is 0.